The first-order chi connectivity index (χ1) is 12.0. The summed E-state index contributed by atoms with van der Waals surface area (Å²) in [6, 6.07) is 3.27. The first-order valence-corrected chi connectivity index (χ1v) is 8.20. The Hall–Kier alpha value is -2.48. The molecule has 1 saturated heterocycles. The summed E-state index contributed by atoms with van der Waals surface area (Å²) in [7, 11) is 1.91. The normalized spacial score (nSPS) is 20.6. The summed E-state index contributed by atoms with van der Waals surface area (Å²) < 4.78 is 28.6. The predicted molar refractivity (Wildman–Crippen MR) is 88.9 cm³/mol. The van der Waals surface area contributed by atoms with Gasteiger partial charge in [0.05, 0.1) is 18.4 Å². The molecule has 2 N–H and O–H groups in total. The number of carbonyl (C=O) groups is 1. The Morgan fingerprint density at radius 3 is 2.92 bits per heavy atom. The number of hydrogen-bond acceptors (Lipinski definition) is 3. The van der Waals surface area contributed by atoms with E-state index in [4.69, 9.17) is 0 Å². The van der Waals surface area contributed by atoms with Crippen molar-refractivity contribution in [2.24, 2.45) is 0 Å². The van der Waals surface area contributed by atoms with E-state index < -0.39 is 11.6 Å². The van der Waals surface area contributed by atoms with E-state index in [9.17, 15) is 13.6 Å². The van der Waals surface area contributed by atoms with Gasteiger partial charge in [0.25, 0.3) is 0 Å². The lowest BCUT2D eigenvalue weighted by atomic mass is 10.00. The zero-order valence-corrected chi connectivity index (χ0v) is 14.0. The Kier molecular flexibility index (Phi) is 5.28. The van der Waals surface area contributed by atoms with Gasteiger partial charge in [0, 0.05) is 32.0 Å². The molecule has 0 aliphatic carbocycles. The summed E-state index contributed by atoms with van der Waals surface area (Å²) in [5.41, 5.74) is 0.655. The van der Waals surface area contributed by atoms with Crippen LogP contribution < -0.4 is 10.6 Å². The molecule has 25 heavy (non-hydrogen) atoms. The van der Waals surface area contributed by atoms with Crippen LogP contribution >= 0.6 is 0 Å². The Bertz CT molecular complexity index is 722. The van der Waals surface area contributed by atoms with Gasteiger partial charge in [-0.25, -0.2) is 18.6 Å². The van der Waals surface area contributed by atoms with Gasteiger partial charge in [-0.15, -0.1) is 0 Å². The van der Waals surface area contributed by atoms with Crippen LogP contribution in [0.25, 0.3) is 0 Å². The van der Waals surface area contributed by atoms with Crippen molar-refractivity contribution in [1.29, 1.82) is 0 Å². The number of benzene rings is 1. The lowest BCUT2D eigenvalue weighted by molar-refractivity contribution is 0.229. The molecule has 0 radical (unpaired) electrons. The highest BCUT2D eigenvalue weighted by Gasteiger charge is 2.34. The van der Waals surface area contributed by atoms with E-state index in [0.717, 1.165) is 19.0 Å². The van der Waals surface area contributed by atoms with Gasteiger partial charge in [-0.2, -0.15) is 0 Å². The number of amides is 2. The molecule has 8 heteroatoms. The molecule has 1 fully saturated rings. The van der Waals surface area contributed by atoms with Crippen LogP contribution in [-0.4, -0.2) is 46.7 Å². The predicted octanol–water partition coefficient (Wildman–Crippen LogP) is 1.91. The molecule has 1 aromatic carbocycles. The quantitative estimate of drug-likeness (QED) is 0.867. The topological polar surface area (TPSA) is 62.2 Å². The van der Waals surface area contributed by atoms with Crippen LogP contribution in [0.3, 0.4) is 0 Å². The van der Waals surface area contributed by atoms with Crippen molar-refractivity contribution < 1.29 is 13.6 Å². The summed E-state index contributed by atoms with van der Waals surface area (Å²) in [5, 5.41) is 5.74. The van der Waals surface area contributed by atoms with E-state index >= 15 is 0 Å². The van der Waals surface area contributed by atoms with E-state index in [0.29, 0.717) is 18.7 Å². The third-order valence-corrected chi connectivity index (χ3v) is 4.47. The third-order valence-electron chi connectivity index (χ3n) is 4.47. The molecule has 1 aliphatic rings. The fourth-order valence-corrected chi connectivity index (χ4v) is 3.22. The molecule has 2 amide bonds. The number of nitrogens with zero attached hydrogens (tertiary/aromatic N) is 3. The minimum Gasteiger partial charge on any atom is -0.336 e. The molecule has 0 bridgehead atoms. The fourth-order valence-electron chi connectivity index (χ4n) is 3.22. The van der Waals surface area contributed by atoms with Crippen LogP contribution in [0, 0.1) is 11.6 Å². The van der Waals surface area contributed by atoms with Gasteiger partial charge in [0.2, 0.25) is 0 Å². The highest BCUT2D eigenvalue weighted by molar-refractivity contribution is 5.74. The number of nitrogens with one attached hydrogen (secondary N) is 2. The van der Waals surface area contributed by atoms with Crippen molar-refractivity contribution in [3.63, 3.8) is 0 Å². The van der Waals surface area contributed by atoms with Crippen molar-refractivity contribution in [3.8, 4) is 0 Å². The van der Waals surface area contributed by atoms with Gasteiger partial charge in [-0.05, 0) is 31.2 Å². The van der Waals surface area contributed by atoms with E-state index in [1.807, 2.05) is 22.7 Å². The van der Waals surface area contributed by atoms with Gasteiger partial charge in [0.15, 0.2) is 11.6 Å². The maximum atomic E-state index is 13.5. The standard InChI is InChI=1S/C17H21F2N5O/c1-23-7-4-15(16(23)12-2-3-13(18)14(19)10-12)22-17(25)21-6-9-24-8-5-20-11-24/h2-3,5,8,10-11,15-16H,4,6-7,9H2,1H3,(H2,21,22,25)/t15-,16-/m1/s1. The van der Waals surface area contributed by atoms with E-state index in [-0.39, 0.29) is 18.1 Å². The molecule has 6 nitrogen and oxygen atoms in total. The average Bonchev–Trinajstić information content (AvgIpc) is 3.21. The number of aromatic nitrogens is 2. The van der Waals surface area contributed by atoms with Gasteiger partial charge < -0.3 is 15.2 Å². The Morgan fingerprint density at radius 1 is 1.36 bits per heavy atom. The third kappa shape index (κ3) is 4.14. The maximum Gasteiger partial charge on any atom is 0.315 e. The number of carbonyl (C=O) groups excluding carboxylic acids is 1. The van der Waals surface area contributed by atoms with Crippen molar-refractivity contribution >= 4 is 6.03 Å². The smallest absolute Gasteiger partial charge is 0.315 e. The van der Waals surface area contributed by atoms with Crippen LogP contribution in [-0.2, 0) is 6.54 Å². The van der Waals surface area contributed by atoms with Gasteiger partial charge >= 0.3 is 6.03 Å². The second-order valence-electron chi connectivity index (χ2n) is 6.19. The van der Waals surface area contributed by atoms with Crippen LogP contribution in [0.2, 0.25) is 0 Å². The number of rotatable bonds is 5. The summed E-state index contributed by atoms with van der Waals surface area (Å²) in [5.74, 6) is -1.74. The van der Waals surface area contributed by atoms with E-state index in [2.05, 4.69) is 15.6 Å². The summed E-state index contributed by atoms with van der Waals surface area (Å²) >= 11 is 0. The largest absolute Gasteiger partial charge is 0.336 e. The fraction of sp³-hybridized carbons (Fsp3) is 0.412. The van der Waals surface area contributed by atoms with Crippen molar-refractivity contribution in [2.45, 2.75) is 25.0 Å². The Balaban J connectivity index is 1.58. The van der Waals surface area contributed by atoms with Gasteiger partial charge in [0.1, 0.15) is 0 Å². The lowest BCUT2D eigenvalue weighted by Crippen LogP contribution is -2.45. The van der Waals surface area contributed by atoms with Crippen LogP contribution in [0.15, 0.2) is 36.9 Å². The van der Waals surface area contributed by atoms with Crippen molar-refractivity contribution in [2.75, 3.05) is 20.1 Å². The highest BCUT2D eigenvalue weighted by Crippen LogP contribution is 2.31. The van der Waals surface area contributed by atoms with E-state index in [1.54, 1.807) is 18.6 Å². The Labute approximate surface area is 144 Å². The minimum absolute atomic E-state index is 0.164. The van der Waals surface area contributed by atoms with Crippen molar-refractivity contribution in [1.82, 2.24) is 25.1 Å². The zero-order valence-electron chi connectivity index (χ0n) is 14.0. The molecule has 2 atom stereocenters. The molecule has 2 heterocycles. The maximum absolute atomic E-state index is 13.5. The number of imidazole rings is 1. The molecular formula is C17H21F2N5O. The second kappa shape index (κ2) is 7.60. The van der Waals surface area contributed by atoms with Crippen molar-refractivity contribution in [3.05, 3.63) is 54.1 Å². The van der Waals surface area contributed by atoms with Crippen LogP contribution in [0.1, 0.15) is 18.0 Å². The number of halogens is 2. The average molecular weight is 349 g/mol. The van der Waals surface area contributed by atoms with Gasteiger partial charge in [-0.3, -0.25) is 4.90 Å². The summed E-state index contributed by atoms with van der Waals surface area (Å²) in [4.78, 5) is 18.1. The SMILES string of the molecule is CN1CC[C@@H](NC(=O)NCCn2ccnc2)[C@H]1c1ccc(F)c(F)c1. The number of hydrogen-bond donors (Lipinski definition) is 2. The highest BCUT2D eigenvalue weighted by atomic mass is 19.2. The Morgan fingerprint density at radius 2 is 2.20 bits per heavy atom. The molecule has 0 unspecified atom stereocenters. The number of likely N-dealkylation sites (tertiary alicyclic amines) is 1. The molecule has 134 valence electrons. The summed E-state index contributed by atoms with van der Waals surface area (Å²) in [6.07, 6.45) is 5.94. The van der Waals surface area contributed by atoms with Crippen LogP contribution in [0.4, 0.5) is 13.6 Å². The second-order valence-corrected chi connectivity index (χ2v) is 6.19. The number of urea groups is 1. The molecular weight excluding hydrogens is 328 g/mol. The zero-order chi connectivity index (χ0) is 17.8. The molecule has 3 rings (SSSR count). The molecule has 1 aromatic heterocycles. The monoisotopic (exact) mass is 349 g/mol. The molecule has 2 aromatic rings. The number of likely N-dealkylation sites (N-methyl/N-ethyl adjacent to an activating group) is 1. The van der Waals surface area contributed by atoms with E-state index in [1.165, 1.54) is 6.07 Å². The summed E-state index contributed by atoms with van der Waals surface area (Å²) in [6.45, 7) is 1.87. The molecule has 0 spiro atoms. The molecule has 1 aliphatic heterocycles. The lowest BCUT2D eigenvalue weighted by Gasteiger charge is -2.26. The minimum atomic E-state index is -0.874. The first-order valence-electron chi connectivity index (χ1n) is 8.20. The van der Waals surface area contributed by atoms with Gasteiger partial charge in [-0.1, -0.05) is 6.07 Å². The molecule has 0 saturated carbocycles. The first kappa shape index (κ1) is 17.3. The van der Waals surface area contributed by atoms with Crippen LogP contribution in [0.5, 0.6) is 0 Å².